The zero-order chi connectivity index (χ0) is 14.7. The summed E-state index contributed by atoms with van der Waals surface area (Å²) in [6.45, 7) is 4.37. The Morgan fingerprint density at radius 1 is 1.40 bits per heavy atom. The van der Waals surface area contributed by atoms with Crippen molar-refractivity contribution < 1.29 is 9.59 Å². The maximum atomic E-state index is 12.1. The number of likely N-dealkylation sites (tertiary alicyclic amines) is 1. The lowest BCUT2D eigenvalue weighted by molar-refractivity contribution is -0.132. The number of aromatic amines is 1. The van der Waals surface area contributed by atoms with Crippen LogP contribution in [-0.4, -0.2) is 39.8 Å². The SMILES string of the molecule is CC(=O)N1CCC(C(=O)Nc2cc(=O)[nH]c(C)n2)CC1. The number of carbonyl (C=O) groups is 2. The Hall–Kier alpha value is -2.18. The van der Waals surface area contributed by atoms with E-state index in [4.69, 9.17) is 0 Å². The Morgan fingerprint density at radius 2 is 2.05 bits per heavy atom. The first-order valence-corrected chi connectivity index (χ1v) is 6.60. The number of piperidine rings is 1. The molecule has 2 rings (SSSR count). The van der Waals surface area contributed by atoms with Crippen molar-refractivity contribution in [1.29, 1.82) is 0 Å². The van der Waals surface area contributed by atoms with Gasteiger partial charge in [0.1, 0.15) is 11.6 Å². The molecule has 0 aliphatic carbocycles. The van der Waals surface area contributed by atoms with Crippen molar-refractivity contribution in [2.45, 2.75) is 26.7 Å². The van der Waals surface area contributed by atoms with Crippen molar-refractivity contribution in [2.24, 2.45) is 5.92 Å². The molecule has 1 aliphatic heterocycles. The lowest BCUT2D eigenvalue weighted by atomic mass is 9.96. The van der Waals surface area contributed by atoms with E-state index in [9.17, 15) is 14.4 Å². The summed E-state index contributed by atoms with van der Waals surface area (Å²) >= 11 is 0. The average Bonchev–Trinajstić information content (AvgIpc) is 2.37. The van der Waals surface area contributed by atoms with E-state index in [-0.39, 0.29) is 29.1 Å². The van der Waals surface area contributed by atoms with Crippen LogP contribution in [0.15, 0.2) is 10.9 Å². The summed E-state index contributed by atoms with van der Waals surface area (Å²) in [6, 6.07) is 1.26. The van der Waals surface area contributed by atoms with Gasteiger partial charge < -0.3 is 15.2 Å². The number of hydrogen-bond donors (Lipinski definition) is 2. The normalized spacial score (nSPS) is 16.0. The molecular weight excluding hydrogens is 260 g/mol. The molecular formula is C13H18N4O3. The molecule has 0 saturated carbocycles. The van der Waals surface area contributed by atoms with E-state index in [1.54, 1.807) is 11.8 Å². The fourth-order valence-corrected chi connectivity index (χ4v) is 2.33. The van der Waals surface area contributed by atoms with Gasteiger partial charge in [-0.1, -0.05) is 0 Å². The maximum Gasteiger partial charge on any atom is 0.252 e. The molecule has 1 aromatic rings. The molecule has 7 nitrogen and oxygen atoms in total. The van der Waals surface area contributed by atoms with E-state index in [1.165, 1.54) is 13.0 Å². The van der Waals surface area contributed by atoms with Crippen LogP contribution in [0.2, 0.25) is 0 Å². The standard InChI is InChI=1S/C13H18N4O3/c1-8-14-11(7-12(19)15-8)16-13(20)10-3-5-17(6-4-10)9(2)18/h7,10H,3-6H2,1-2H3,(H2,14,15,16,19,20). The number of nitrogens with one attached hydrogen (secondary N) is 2. The molecule has 0 atom stereocenters. The highest BCUT2D eigenvalue weighted by atomic mass is 16.2. The van der Waals surface area contributed by atoms with E-state index in [1.807, 2.05) is 0 Å². The number of nitrogens with zero attached hydrogens (tertiary/aromatic N) is 2. The summed E-state index contributed by atoms with van der Waals surface area (Å²) in [5.74, 6) is 0.470. The molecule has 1 aromatic heterocycles. The van der Waals surface area contributed by atoms with Crippen molar-refractivity contribution in [1.82, 2.24) is 14.9 Å². The molecule has 1 saturated heterocycles. The second kappa shape index (κ2) is 5.85. The lowest BCUT2D eigenvalue weighted by Gasteiger charge is -2.30. The number of hydrogen-bond acceptors (Lipinski definition) is 4. The minimum atomic E-state index is -0.292. The monoisotopic (exact) mass is 278 g/mol. The van der Waals surface area contributed by atoms with E-state index < -0.39 is 0 Å². The van der Waals surface area contributed by atoms with Crippen LogP contribution in [-0.2, 0) is 9.59 Å². The minimum absolute atomic E-state index is 0.0377. The van der Waals surface area contributed by atoms with Gasteiger partial charge in [-0.25, -0.2) is 4.98 Å². The molecule has 0 spiro atoms. The predicted molar refractivity (Wildman–Crippen MR) is 73.2 cm³/mol. The van der Waals surface area contributed by atoms with Crippen molar-refractivity contribution in [2.75, 3.05) is 18.4 Å². The third-order valence-corrected chi connectivity index (χ3v) is 3.42. The molecule has 2 N–H and O–H groups in total. The second-order valence-corrected chi connectivity index (χ2v) is 4.99. The smallest absolute Gasteiger partial charge is 0.252 e. The topological polar surface area (TPSA) is 95.2 Å². The number of carbonyl (C=O) groups excluding carboxylic acids is 2. The van der Waals surface area contributed by atoms with E-state index in [0.717, 1.165) is 0 Å². The maximum absolute atomic E-state index is 12.1. The number of rotatable bonds is 2. The molecule has 0 aromatic carbocycles. The van der Waals surface area contributed by atoms with Crippen molar-refractivity contribution in [3.63, 3.8) is 0 Å². The van der Waals surface area contributed by atoms with Gasteiger partial charge in [-0.15, -0.1) is 0 Å². The Morgan fingerprint density at radius 3 is 2.60 bits per heavy atom. The summed E-state index contributed by atoms with van der Waals surface area (Å²) < 4.78 is 0. The first-order valence-electron chi connectivity index (χ1n) is 6.60. The van der Waals surface area contributed by atoms with Crippen molar-refractivity contribution >= 4 is 17.6 Å². The summed E-state index contributed by atoms with van der Waals surface area (Å²) in [6.07, 6.45) is 1.27. The zero-order valence-electron chi connectivity index (χ0n) is 11.6. The molecule has 108 valence electrons. The Kier molecular flexibility index (Phi) is 4.16. The van der Waals surface area contributed by atoms with Crippen molar-refractivity contribution in [3.8, 4) is 0 Å². The lowest BCUT2D eigenvalue weighted by Crippen LogP contribution is -2.40. The number of anilines is 1. The van der Waals surface area contributed by atoms with Crippen LogP contribution in [0.5, 0.6) is 0 Å². The van der Waals surface area contributed by atoms with Gasteiger partial charge in [0.15, 0.2) is 0 Å². The highest BCUT2D eigenvalue weighted by Crippen LogP contribution is 2.18. The number of H-pyrrole nitrogens is 1. The number of aryl methyl sites for hydroxylation is 1. The van der Waals surface area contributed by atoms with Gasteiger partial charge in [0.05, 0.1) is 0 Å². The van der Waals surface area contributed by atoms with Gasteiger partial charge in [-0.2, -0.15) is 0 Å². The average molecular weight is 278 g/mol. The van der Waals surface area contributed by atoms with Gasteiger partial charge >= 0.3 is 0 Å². The highest BCUT2D eigenvalue weighted by molar-refractivity contribution is 5.91. The third-order valence-electron chi connectivity index (χ3n) is 3.42. The second-order valence-electron chi connectivity index (χ2n) is 4.99. The Balaban J connectivity index is 1.96. The van der Waals surface area contributed by atoms with Crippen LogP contribution in [0.1, 0.15) is 25.6 Å². The summed E-state index contributed by atoms with van der Waals surface area (Å²) in [7, 11) is 0. The minimum Gasteiger partial charge on any atom is -0.343 e. The summed E-state index contributed by atoms with van der Waals surface area (Å²) in [5.41, 5.74) is -0.292. The molecule has 7 heteroatoms. The molecule has 20 heavy (non-hydrogen) atoms. The first-order chi connectivity index (χ1) is 9.45. The summed E-state index contributed by atoms with van der Waals surface area (Å²) in [5, 5.41) is 2.66. The third kappa shape index (κ3) is 3.43. The van der Waals surface area contributed by atoms with Crippen LogP contribution in [0.3, 0.4) is 0 Å². The number of amides is 2. The van der Waals surface area contributed by atoms with Crippen LogP contribution >= 0.6 is 0 Å². The molecule has 1 aliphatic rings. The van der Waals surface area contributed by atoms with E-state index in [0.29, 0.717) is 31.8 Å². The van der Waals surface area contributed by atoms with Crippen LogP contribution in [0.25, 0.3) is 0 Å². The Bertz CT molecular complexity index is 573. The van der Waals surface area contributed by atoms with E-state index in [2.05, 4.69) is 15.3 Å². The molecule has 2 amide bonds. The predicted octanol–water partition coefficient (Wildman–Crippen LogP) is 0.275. The quantitative estimate of drug-likeness (QED) is 0.812. The Labute approximate surface area is 116 Å². The summed E-state index contributed by atoms with van der Waals surface area (Å²) in [4.78, 5) is 42.9. The van der Waals surface area contributed by atoms with Gasteiger partial charge in [-0.3, -0.25) is 14.4 Å². The van der Waals surface area contributed by atoms with Crippen LogP contribution in [0, 0.1) is 12.8 Å². The molecule has 0 unspecified atom stereocenters. The van der Waals surface area contributed by atoms with Gasteiger partial charge in [-0.05, 0) is 19.8 Å². The largest absolute Gasteiger partial charge is 0.343 e. The van der Waals surface area contributed by atoms with Gasteiger partial charge in [0, 0.05) is 32.0 Å². The molecule has 0 radical (unpaired) electrons. The van der Waals surface area contributed by atoms with Crippen LogP contribution < -0.4 is 10.9 Å². The van der Waals surface area contributed by atoms with Crippen LogP contribution in [0.4, 0.5) is 5.82 Å². The molecule has 0 bridgehead atoms. The highest BCUT2D eigenvalue weighted by Gasteiger charge is 2.26. The first kappa shape index (κ1) is 14.2. The zero-order valence-corrected chi connectivity index (χ0v) is 11.6. The van der Waals surface area contributed by atoms with Gasteiger partial charge in [0.25, 0.3) is 5.56 Å². The van der Waals surface area contributed by atoms with Gasteiger partial charge in [0.2, 0.25) is 11.8 Å². The molecule has 2 heterocycles. The van der Waals surface area contributed by atoms with E-state index >= 15 is 0 Å². The fraction of sp³-hybridized carbons (Fsp3) is 0.538. The fourth-order valence-electron chi connectivity index (χ4n) is 2.33. The molecule has 1 fully saturated rings. The van der Waals surface area contributed by atoms with Crippen molar-refractivity contribution in [3.05, 3.63) is 22.2 Å². The number of aromatic nitrogens is 2.